The summed E-state index contributed by atoms with van der Waals surface area (Å²) >= 11 is 1.39. The molecule has 1 fully saturated rings. The molecule has 0 bridgehead atoms. The number of amidine groups is 1. The first-order valence-electron chi connectivity index (χ1n) is 10.6. The largest absolute Gasteiger partial charge is 0.326 e. The number of nitrogens with one attached hydrogen (secondary N) is 1. The highest BCUT2D eigenvalue weighted by atomic mass is 32.2. The van der Waals surface area contributed by atoms with E-state index in [-0.39, 0.29) is 18.2 Å². The molecule has 5 nitrogen and oxygen atoms in total. The van der Waals surface area contributed by atoms with Gasteiger partial charge in [0, 0.05) is 18.7 Å². The summed E-state index contributed by atoms with van der Waals surface area (Å²) in [6.07, 6.45) is 0.122. The zero-order chi connectivity index (χ0) is 22.7. The van der Waals surface area contributed by atoms with Crippen LogP contribution in [0.4, 0.5) is 11.4 Å². The number of carbonyl (C=O) groups is 2. The first-order valence-corrected chi connectivity index (χ1v) is 11.5. The van der Waals surface area contributed by atoms with Crippen LogP contribution in [0.25, 0.3) is 0 Å². The molecule has 1 saturated heterocycles. The molecule has 164 valence electrons. The average molecular weight is 438 g/mol. The van der Waals surface area contributed by atoms with Crippen molar-refractivity contribution < 1.29 is 9.59 Å². The molecule has 3 rings (SSSR count). The fourth-order valence-corrected chi connectivity index (χ4v) is 4.79. The van der Waals surface area contributed by atoms with E-state index in [1.54, 1.807) is 4.90 Å². The molecule has 0 aliphatic carbocycles. The number of hydrogen-bond donors (Lipinski definition) is 1. The SMILES string of the molecule is Cc1cc(C)cc(N=C2SC(CC(=O)Nc3cc(C)ccc3C)C(=O)N2CC(C)C)c1. The number of benzene rings is 2. The minimum absolute atomic E-state index is 0.0436. The molecular formula is C25H31N3O2S. The van der Waals surface area contributed by atoms with Crippen LogP contribution in [-0.2, 0) is 9.59 Å². The molecule has 0 saturated carbocycles. The van der Waals surface area contributed by atoms with Gasteiger partial charge >= 0.3 is 0 Å². The standard InChI is InChI=1S/C25H31N3O2S/c1-15(2)14-28-24(30)22(13-23(29)27-21-12-16(3)7-8-19(21)6)31-25(28)26-20-10-17(4)9-18(5)11-20/h7-12,15,22H,13-14H2,1-6H3,(H,27,29). The monoisotopic (exact) mass is 437 g/mol. The molecule has 2 aromatic carbocycles. The number of thioether (sulfide) groups is 1. The van der Waals surface area contributed by atoms with Crippen LogP contribution in [0.5, 0.6) is 0 Å². The van der Waals surface area contributed by atoms with Gasteiger partial charge in [0.25, 0.3) is 0 Å². The molecule has 2 amide bonds. The third kappa shape index (κ3) is 5.97. The van der Waals surface area contributed by atoms with Gasteiger partial charge in [0.05, 0.1) is 5.69 Å². The molecule has 6 heteroatoms. The number of aliphatic imine (C=N–C) groups is 1. The van der Waals surface area contributed by atoms with E-state index in [9.17, 15) is 9.59 Å². The van der Waals surface area contributed by atoms with Gasteiger partial charge in [0.15, 0.2) is 5.17 Å². The molecule has 1 atom stereocenters. The third-order valence-corrected chi connectivity index (χ3v) is 6.21. The third-order valence-electron chi connectivity index (χ3n) is 5.04. The number of amides is 2. The highest BCUT2D eigenvalue weighted by molar-refractivity contribution is 8.15. The number of rotatable bonds is 6. The van der Waals surface area contributed by atoms with Crippen LogP contribution in [0, 0.1) is 33.6 Å². The molecular weight excluding hydrogens is 406 g/mol. The minimum atomic E-state index is -0.464. The summed E-state index contributed by atoms with van der Waals surface area (Å²) in [4.78, 5) is 32.4. The van der Waals surface area contributed by atoms with Crippen LogP contribution in [-0.4, -0.2) is 33.7 Å². The molecule has 31 heavy (non-hydrogen) atoms. The maximum Gasteiger partial charge on any atom is 0.242 e. The Balaban J connectivity index is 1.80. The maximum absolute atomic E-state index is 13.1. The van der Waals surface area contributed by atoms with Crippen LogP contribution < -0.4 is 5.32 Å². The first-order chi connectivity index (χ1) is 14.6. The second-order valence-corrected chi connectivity index (χ2v) is 9.93. The van der Waals surface area contributed by atoms with Gasteiger partial charge in [-0.25, -0.2) is 4.99 Å². The molecule has 1 aliphatic heterocycles. The van der Waals surface area contributed by atoms with E-state index < -0.39 is 5.25 Å². The van der Waals surface area contributed by atoms with Crippen LogP contribution >= 0.6 is 11.8 Å². The van der Waals surface area contributed by atoms with Crippen molar-refractivity contribution in [3.8, 4) is 0 Å². The summed E-state index contributed by atoms with van der Waals surface area (Å²) in [6.45, 7) is 12.8. The number of aryl methyl sites for hydroxylation is 4. The summed E-state index contributed by atoms with van der Waals surface area (Å²) in [6, 6.07) is 12.1. The normalized spacial score (nSPS) is 17.6. The van der Waals surface area contributed by atoms with Crippen molar-refractivity contribution in [3.05, 3.63) is 58.7 Å². The maximum atomic E-state index is 13.1. The van der Waals surface area contributed by atoms with Crippen LogP contribution in [0.2, 0.25) is 0 Å². The van der Waals surface area contributed by atoms with Crippen LogP contribution in [0.3, 0.4) is 0 Å². The lowest BCUT2D eigenvalue weighted by Gasteiger charge is -2.18. The topological polar surface area (TPSA) is 61.8 Å². The quantitative estimate of drug-likeness (QED) is 0.646. The predicted molar refractivity (Wildman–Crippen MR) is 130 cm³/mol. The van der Waals surface area contributed by atoms with Crippen molar-refractivity contribution in [2.24, 2.45) is 10.9 Å². The van der Waals surface area contributed by atoms with Crippen molar-refractivity contribution >= 4 is 40.1 Å². The summed E-state index contributed by atoms with van der Waals surface area (Å²) < 4.78 is 0. The lowest BCUT2D eigenvalue weighted by Crippen LogP contribution is -2.36. The van der Waals surface area contributed by atoms with E-state index in [0.717, 1.165) is 33.6 Å². The smallest absolute Gasteiger partial charge is 0.242 e. The highest BCUT2D eigenvalue weighted by Crippen LogP contribution is 2.33. The van der Waals surface area contributed by atoms with E-state index in [1.807, 2.05) is 58.0 Å². The Morgan fingerprint density at radius 1 is 1.06 bits per heavy atom. The Kier molecular flexibility index (Phi) is 7.21. The Bertz CT molecular complexity index is 1010. The average Bonchev–Trinajstić information content (AvgIpc) is 2.92. The second-order valence-electron chi connectivity index (χ2n) is 8.76. The zero-order valence-electron chi connectivity index (χ0n) is 19.2. The van der Waals surface area contributed by atoms with E-state index in [0.29, 0.717) is 17.6 Å². The number of hydrogen-bond acceptors (Lipinski definition) is 4. The Labute approximate surface area is 189 Å². The van der Waals surface area contributed by atoms with Gasteiger partial charge in [-0.2, -0.15) is 0 Å². The van der Waals surface area contributed by atoms with Gasteiger partial charge in [0.1, 0.15) is 5.25 Å². The molecule has 1 aliphatic rings. The molecule has 0 spiro atoms. The summed E-state index contributed by atoms with van der Waals surface area (Å²) in [5.41, 5.74) is 5.98. The molecule has 1 unspecified atom stereocenters. The van der Waals surface area contributed by atoms with Gasteiger partial charge in [0.2, 0.25) is 11.8 Å². The molecule has 0 aromatic heterocycles. The Morgan fingerprint density at radius 3 is 2.39 bits per heavy atom. The summed E-state index contributed by atoms with van der Waals surface area (Å²) in [5, 5.41) is 3.18. The number of carbonyl (C=O) groups excluding carboxylic acids is 2. The molecule has 1 heterocycles. The van der Waals surface area contributed by atoms with E-state index in [4.69, 9.17) is 4.99 Å². The molecule has 0 radical (unpaired) electrons. The fraction of sp³-hybridized carbons (Fsp3) is 0.400. The van der Waals surface area contributed by atoms with Crippen LogP contribution in [0.15, 0.2) is 41.4 Å². The molecule has 1 N–H and O–H groups in total. The van der Waals surface area contributed by atoms with Gasteiger partial charge in [-0.15, -0.1) is 0 Å². The van der Waals surface area contributed by atoms with Crippen molar-refractivity contribution in [2.75, 3.05) is 11.9 Å². The predicted octanol–water partition coefficient (Wildman–Crippen LogP) is 5.54. The van der Waals surface area contributed by atoms with Crippen molar-refractivity contribution in [3.63, 3.8) is 0 Å². The number of nitrogens with zero attached hydrogens (tertiary/aromatic N) is 2. The van der Waals surface area contributed by atoms with Crippen molar-refractivity contribution in [1.29, 1.82) is 0 Å². The lowest BCUT2D eigenvalue weighted by atomic mass is 10.1. The zero-order valence-corrected chi connectivity index (χ0v) is 20.0. The highest BCUT2D eigenvalue weighted by Gasteiger charge is 2.39. The first kappa shape index (κ1) is 23.1. The Morgan fingerprint density at radius 2 is 1.74 bits per heavy atom. The summed E-state index contributed by atoms with van der Waals surface area (Å²) in [5.74, 6) is 0.103. The van der Waals surface area contributed by atoms with E-state index in [1.165, 1.54) is 11.8 Å². The summed E-state index contributed by atoms with van der Waals surface area (Å²) in [7, 11) is 0. The van der Waals surface area contributed by atoms with E-state index >= 15 is 0 Å². The van der Waals surface area contributed by atoms with Gasteiger partial charge < -0.3 is 5.32 Å². The number of anilines is 1. The minimum Gasteiger partial charge on any atom is -0.326 e. The van der Waals surface area contributed by atoms with Gasteiger partial charge in [-0.05, 0) is 74.1 Å². The Hall–Kier alpha value is -2.60. The van der Waals surface area contributed by atoms with E-state index in [2.05, 4.69) is 25.2 Å². The van der Waals surface area contributed by atoms with Crippen molar-refractivity contribution in [2.45, 2.75) is 53.2 Å². The van der Waals surface area contributed by atoms with Gasteiger partial charge in [-0.3, -0.25) is 14.5 Å². The van der Waals surface area contributed by atoms with Crippen LogP contribution in [0.1, 0.15) is 42.5 Å². The fourth-order valence-electron chi connectivity index (χ4n) is 3.62. The van der Waals surface area contributed by atoms with Crippen molar-refractivity contribution in [1.82, 2.24) is 4.90 Å². The second kappa shape index (κ2) is 9.69. The van der Waals surface area contributed by atoms with Gasteiger partial charge in [-0.1, -0.05) is 43.8 Å². The lowest BCUT2D eigenvalue weighted by molar-refractivity contribution is -0.128. The molecule has 2 aromatic rings.